The Hall–Kier alpha value is -4.26. The van der Waals surface area contributed by atoms with Crippen molar-refractivity contribution in [1.29, 1.82) is 0 Å². The molecule has 7 nitrogen and oxygen atoms in total. The summed E-state index contributed by atoms with van der Waals surface area (Å²) in [5.41, 5.74) is 2.94. The predicted molar refractivity (Wildman–Crippen MR) is 131 cm³/mol. The molecule has 0 fully saturated rings. The molecular weight excluding hydrogens is 444 g/mol. The van der Waals surface area contributed by atoms with Crippen LogP contribution in [0.4, 0.5) is 5.69 Å². The first kappa shape index (κ1) is 23.9. The number of nitrogens with one attached hydrogen (secondary N) is 1. The number of amides is 3. The number of nitrogens with zero attached hydrogens (tertiary/aromatic N) is 1. The van der Waals surface area contributed by atoms with E-state index in [2.05, 4.69) is 5.32 Å². The minimum Gasteiger partial charge on any atom is -0.451 e. The van der Waals surface area contributed by atoms with Gasteiger partial charge in [0, 0.05) is 12.1 Å². The van der Waals surface area contributed by atoms with Gasteiger partial charge in [0.15, 0.2) is 6.10 Å². The number of carbonyl (C=O) groups excluding carboxylic acids is 4. The number of aryl methyl sites for hydroxylation is 1. The highest BCUT2D eigenvalue weighted by Gasteiger charge is 2.44. The lowest BCUT2D eigenvalue weighted by Gasteiger charge is -2.26. The number of ether oxygens (including phenoxy) is 1. The number of fused-ring (bicyclic) bond motifs is 1. The second-order valence-electron chi connectivity index (χ2n) is 8.35. The Morgan fingerprint density at radius 2 is 1.40 bits per heavy atom. The standard InChI is InChI=1S/C28H26N2O5/c1-3-19-13-15-21(16-14-19)29-25(31)18(2)35-28(34)24(17-20-9-5-4-6-10-20)30-26(32)22-11-7-8-12-23(22)27(30)33/h4-16,18,24H,3,17H2,1-2H3,(H,29,31)/t18-,24+/m1/s1. The Kier molecular flexibility index (Phi) is 7.06. The molecule has 4 rings (SSSR count). The highest BCUT2D eigenvalue weighted by atomic mass is 16.5. The van der Waals surface area contributed by atoms with Gasteiger partial charge < -0.3 is 10.1 Å². The van der Waals surface area contributed by atoms with Gasteiger partial charge in [-0.2, -0.15) is 0 Å². The van der Waals surface area contributed by atoms with E-state index in [1.54, 1.807) is 60.7 Å². The molecule has 1 aliphatic heterocycles. The van der Waals surface area contributed by atoms with Gasteiger partial charge in [-0.25, -0.2) is 4.79 Å². The zero-order valence-electron chi connectivity index (χ0n) is 19.6. The van der Waals surface area contributed by atoms with Crippen LogP contribution in [0.1, 0.15) is 45.7 Å². The third-order valence-corrected chi connectivity index (χ3v) is 5.97. The molecule has 0 spiro atoms. The number of hydrogen-bond donors (Lipinski definition) is 1. The normalized spacial score (nSPS) is 14.3. The largest absolute Gasteiger partial charge is 0.451 e. The fraction of sp³-hybridized carbons (Fsp3) is 0.214. The van der Waals surface area contributed by atoms with Crippen LogP contribution in [0.25, 0.3) is 0 Å². The number of hydrogen-bond acceptors (Lipinski definition) is 5. The molecule has 0 radical (unpaired) electrons. The van der Waals surface area contributed by atoms with Gasteiger partial charge >= 0.3 is 5.97 Å². The van der Waals surface area contributed by atoms with E-state index in [0.29, 0.717) is 5.69 Å². The summed E-state index contributed by atoms with van der Waals surface area (Å²) in [6.45, 7) is 3.49. The number of benzene rings is 3. The molecule has 0 bridgehead atoms. The van der Waals surface area contributed by atoms with E-state index < -0.39 is 35.8 Å². The van der Waals surface area contributed by atoms with E-state index in [1.165, 1.54) is 6.92 Å². The van der Waals surface area contributed by atoms with Crippen molar-refractivity contribution in [2.75, 3.05) is 5.32 Å². The fourth-order valence-electron chi connectivity index (χ4n) is 3.98. The van der Waals surface area contributed by atoms with Crippen molar-refractivity contribution < 1.29 is 23.9 Å². The van der Waals surface area contributed by atoms with Gasteiger partial charge in [0.1, 0.15) is 6.04 Å². The Labute approximate surface area is 203 Å². The molecule has 1 heterocycles. The zero-order chi connectivity index (χ0) is 24.9. The summed E-state index contributed by atoms with van der Waals surface area (Å²) < 4.78 is 5.47. The summed E-state index contributed by atoms with van der Waals surface area (Å²) >= 11 is 0. The van der Waals surface area contributed by atoms with Crippen LogP contribution in [0.5, 0.6) is 0 Å². The Bertz CT molecular complexity index is 1220. The van der Waals surface area contributed by atoms with Gasteiger partial charge in [-0.15, -0.1) is 0 Å². The first-order chi connectivity index (χ1) is 16.9. The van der Waals surface area contributed by atoms with Crippen LogP contribution in [0.3, 0.4) is 0 Å². The van der Waals surface area contributed by atoms with E-state index in [0.717, 1.165) is 22.4 Å². The molecule has 3 aromatic carbocycles. The van der Waals surface area contributed by atoms with E-state index in [9.17, 15) is 19.2 Å². The van der Waals surface area contributed by atoms with Crippen LogP contribution in [0, 0.1) is 0 Å². The minimum atomic E-state index is -1.22. The average Bonchev–Trinajstić information content (AvgIpc) is 3.13. The molecule has 3 amide bonds. The molecule has 35 heavy (non-hydrogen) atoms. The van der Waals surface area contributed by atoms with Crippen molar-refractivity contribution >= 4 is 29.4 Å². The summed E-state index contributed by atoms with van der Waals surface area (Å²) in [6.07, 6.45) is -0.192. The van der Waals surface area contributed by atoms with Gasteiger partial charge in [-0.3, -0.25) is 19.3 Å². The average molecular weight is 471 g/mol. The SMILES string of the molecule is CCc1ccc(NC(=O)[C@@H](C)OC(=O)[C@H](Cc2ccccc2)N2C(=O)c3ccccc3C2=O)cc1. The van der Waals surface area contributed by atoms with Crippen LogP contribution in [-0.2, 0) is 27.2 Å². The van der Waals surface area contributed by atoms with E-state index in [1.807, 2.05) is 25.1 Å². The van der Waals surface area contributed by atoms with Crippen LogP contribution in [0.15, 0.2) is 78.9 Å². The molecule has 1 aliphatic rings. The number of esters is 1. The summed E-state index contributed by atoms with van der Waals surface area (Å²) in [4.78, 5) is 53.0. The summed E-state index contributed by atoms with van der Waals surface area (Å²) in [5.74, 6) is -2.45. The highest BCUT2D eigenvalue weighted by Crippen LogP contribution is 2.27. The van der Waals surface area contributed by atoms with Crippen LogP contribution < -0.4 is 5.32 Å². The number of imide groups is 1. The van der Waals surface area contributed by atoms with Gasteiger partial charge in [-0.05, 0) is 48.7 Å². The van der Waals surface area contributed by atoms with Crippen molar-refractivity contribution in [3.8, 4) is 0 Å². The number of carbonyl (C=O) groups is 4. The topological polar surface area (TPSA) is 92.8 Å². The maximum atomic E-state index is 13.3. The quantitative estimate of drug-likeness (QED) is 0.396. The number of anilines is 1. The molecule has 0 saturated carbocycles. The molecule has 0 aromatic heterocycles. The molecule has 0 saturated heterocycles. The molecule has 0 unspecified atom stereocenters. The predicted octanol–water partition coefficient (Wildman–Crippen LogP) is 4.03. The lowest BCUT2D eigenvalue weighted by atomic mass is 10.0. The molecule has 0 aliphatic carbocycles. The maximum absolute atomic E-state index is 13.3. The monoisotopic (exact) mass is 470 g/mol. The van der Waals surface area contributed by atoms with Crippen LogP contribution >= 0.6 is 0 Å². The molecular formula is C28H26N2O5. The second kappa shape index (κ2) is 10.3. The molecule has 178 valence electrons. The van der Waals surface area contributed by atoms with E-state index in [4.69, 9.17) is 4.74 Å². The lowest BCUT2D eigenvalue weighted by molar-refractivity contribution is -0.157. The molecule has 3 aromatic rings. The van der Waals surface area contributed by atoms with Crippen molar-refractivity contribution in [2.24, 2.45) is 0 Å². The van der Waals surface area contributed by atoms with Crippen molar-refractivity contribution in [3.63, 3.8) is 0 Å². The Balaban J connectivity index is 1.53. The number of rotatable bonds is 8. The van der Waals surface area contributed by atoms with Gasteiger partial charge in [0.2, 0.25) is 0 Å². The molecule has 7 heteroatoms. The maximum Gasteiger partial charge on any atom is 0.330 e. The summed E-state index contributed by atoms with van der Waals surface area (Å²) in [6, 6.07) is 21.6. The van der Waals surface area contributed by atoms with Gasteiger partial charge in [-0.1, -0.05) is 61.5 Å². The summed E-state index contributed by atoms with van der Waals surface area (Å²) in [5, 5.41) is 2.72. The van der Waals surface area contributed by atoms with Crippen molar-refractivity contribution in [1.82, 2.24) is 4.90 Å². The Morgan fingerprint density at radius 1 is 0.829 bits per heavy atom. The molecule has 1 N–H and O–H groups in total. The van der Waals surface area contributed by atoms with E-state index in [-0.39, 0.29) is 17.5 Å². The van der Waals surface area contributed by atoms with Crippen LogP contribution in [-0.4, -0.2) is 40.7 Å². The third kappa shape index (κ3) is 5.14. The highest BCUT2D eigenvalue weighted by molar-refractivity contribution is 6.22. The Morgan fingerprint density at radius 3 is 1.97 bits per heavy atom. The van der Waals surface area contributed by atoms with Gasteiger partial charge in [0.25, 0.3) is 17.7 Å². The second-order valence-corrected chi connectivity index (χ2v) is 8.35. The first-order valence-corrected chi connectivity index (χ1v) is 11.5. The van der Waals surface area contributed by atoms with E-state index >= 15 is 0 Å². The zero-order valence-corrected chi connectivity index (χ0v) is 19.6. The fourth-order valence-corrected chi connectivity index (χ4v) is 3.98. The van der Waals surface area contributed by atoms with Gasteiger partial charge in [0.05, 0.1) is 11.1 Å². The third-order valence-electron chi connectivity index (χ3n) is 5.97. The lowest BCUT2D eigenvalue weighted by Crippen LogP contribution is -2.48. The van der Waals surface area contributed by atoms with Crippen molar-refractivity contribution in [2.45, 2.75) is 38.8 Å². The first-order valence-electron chi connectivity index (χ1n) is 11.5. The summed E-state index contributed by atoms with van der Waals surface area (Å²) in [7, 11) is 0. The van der Waals surface area contributed by atoms with Crippen LogP contribution in [0.2, 0.25) is 0 Å². The smallest absolute Gasteiger partial charge is 0.330 e. The molecule has 2 atom stereocenters. The van der Waals surface area contributed by atoms with Crippen molar-refractivity contribution in [3.05, 3.63) is 101 Å². The minimum absolute atomic E-state index is 0.0674.